The topological polar surface area (TPSA) is 120 Å². The van der Waals surface area contributed by atoms with E-state index >= 15 is 4.79 Å². The van der Waals surface area contributed by atoms with Gasteiger partial charge in [-0.3, -0.25) is 19.2 Å². The third kappa shape index (κ3) is 7.87. The van der Waals surface area contributed by atoms with Crippen LogP contribution in [0.5, 0.6) is 0 Å². The van der Waals surface area contributed by atoms with Gasteiger partial charge in [0.15, 0.2) is 0 Å². The molecule has 2 bridgehead atoms. The molecule has 0 saturated carbocycles. The number of anilines is 2. The molecule has 3 fully saturated rings. The lowest BCUT2D eigenvalue weighted by Crippen LogP contribution is -2.60. The Morgan fingerprint density at radius 1 is 1.04 bits per heavy atom. The van der Waals surface area contributed by atoms with Gasteiger partial charge in [0.05, 0.1) is 36.6 Å². The van der Waals surface area contributed by atoms with Crippen molar-refractivity contribution >= 4 is 51.0 Å². The van der Waals surface area contributed by atoms with E-state index in [1.807, 2.05) is 75.4 Å². The third-order valence-corrected chi connectivity index (χ3v) is 12.6. The number of aliphatic hydroxyl groups excluding tert-OH is 1. The second-order valence-corrected chi connectivity index (χ2v) is 16.3. The van der Waals surface area contributed by atoms with Crippen LogP contribution in [0.15, 0.2) is 79.9 Å². The average molecular weight is 822 g/mol. The van der Waals surface area contributed by atoms with Crippen molar-refractivity contribution in [2.45, 2.75) is 94.6 Å². The van der Waals surface area contributed by atoms with Crippen molar-refractivity contribution in [1.29, 1.82) is 0 Å². The van der Waals surface area contributed by atoms with Crippen LogP contribution in [-0.4, -0.2) is 107 Å². The number of halogens is 1. The Bertz CT molecular complexity index is 1700. The number of likely N-dealkylation sites (N-methyl/N-ethyl adjacent to an activating group) is 1. The number of likely N-dealkylation sites (tertiary alicyclic amines) is 1. The highest BCUT2D eigenvalue weighted by atomic mass is 79.9. The number of aliphatic hydroxyl groups is 1. The van der Waals surface area contributed by atoms with Gasteiger partial charge in [0, 0.05) is 49.3 Å². The van der Waals surface area contributed by atoms with Crippen molar-refractivity contribution in [3.05, 3.63) is 85.5 Å². The molecule has 0 aliphatic carbocycles. The molecule has 3 amide bonds. The van der Waals surface area contributed by atoms with Gasteiger partial charge in [-0.25, -0.2) is 0 Å². The summed E-state index contributed by atoms with van der Waals surface area (Å²) in [6.07, 6.45) is 2.78. The van der Waals surface area contributed by atoms with Crippen LogP contribution in [0, 0.1) is 17.8 Å². The number of hydrogen-bond acceptors (Lipinski definition) is 8. The number of hydrogen-bond donors (Lipinski definition) is 1. The number of benzene rings is 2. The second-order valence-electron chi connectivity index (χ2n) is 15.2. The Labute approximate surface area is 334 Å². The van der Waals surface area contributed by atoms with Gasteiger partial charge >= 0.3 is 5.97 Å². The molecule has 1 N–H and O–H groups in total. The van der Waals surface area contributed by atoms with E-state index in [-0.39, 0.29) is 42.1 Å². The third-order valence-electron chi connectivity index (χ3n) is 11.8. The number of amides is 3. The largest absolute Gasteiger partial charge is 0.455 e. The van der Waals surface area contributed by atoms with Crippen molar-refractivity contribution in [2.24, 2.45) is 17.8 Å². The number of carbonyl (C=O) groups excluding carboxylic acids is 4. The molecule has 55 heavy (non-hydrogen) atoms. The Morgan fingerprint density at radius 3 is 2.24 bits per heavy atom. The zero-order valence-electron chi connectivity index (χ0n) is 33.0. The molecule has 11 nitrogen and oxygen atoms in total. The van der Waals surface area contributed by atoms with E-state index in [0.717, 1.165) is 18.8 Å². The fraction of sp³-hybridized carbons (Fsp3) is 0.535. The number of nitrogens with zero attached hydrogens (tertiary/aromatic N) is 4. The molecular weight excluding hydrogens is 764 g/mol. The van der Waals surface area contributed by atoms with Crippen LogP contribution >= 0.6 is 15.9 Å². The first-order valence-corrected chi connectivity index (χ1v) is 20.4. The minimum atomic E-state index is -1.38. The highest BCUT2D eigenvalue weighted by molar-refractivity contribution is 9.09. The van der Waals surface area contributed by atoms with Gasteiger partial charge in [-0.2, -0.15) is 0 Å². The molecule has 3 aliphatic rings. The van der Waals surface area contributed by atoms with E-state index in [9.17, 15) is 19.5 Å². The van der Waals surface area contributed by atoms with Crippen molar-refractivity contribution in [1.82, 2.24) is 9.80 Å². The van der Waals surface area contributed by atoms with Crippen molar-refractivity contribution < 1.29 is 33.8 Å². The first-order chi connectivity index (χ1) is 26.3. The predicted octanol–water partition coefficient (Wildman–Crippen LogP) is 5.91. The van der Waals surface area contributed by atoms with Crippen LogP contribution in [0.4, 0.5) is 11.4 Å². The zero-order chi connectivity index (χ0) is 40.2. The molecule has 3 heterocycles. The minimum absolute atomic E-state index is 0.120. The van der Waals surface area contributed by atoms with Crippen molar-refractivity contribution in [3.63, 3.8) is 0 Å². The highest BCUT2D eigenvalue weighted by Crippen LogP contribution is 2.61. The lowest BCUT2D eigenvalue weighted by atomic mass is 9.70. The quantitative estimate of drug-likeness (QED) is 0.112. The fourth-order valence-corrected chi connectivity index (χ4v) is 9.69. The molecule has 3 saturated heterocycles. The monoisotopic (exact) mass is 820 g/mol. The molecule has 9 atom stereocenters. The lowest BCUT2D eigenvalue weighted by Gasteiger charge is -2.40. The van der Waals surface area contributed by atoms with Crippen LogP contribution in [0.25, 0.3) is 0 Å². The van der Waals surface area contributed by atoms with E-state index in [4.69, 9.17) is 9.47 Å². The summed E-state index contributed by atoms with van der Waals surface area (Å²) in [4.78, 5) is 64.5. The van der Waals surface area contributed by atoms with Gasteiger partial charge in [0.2, 0.25) is 11.8 Å². The number of fused-ring (bicyclic) bond motifs is 1. The van der Waals surface area contributed by atoms with Crippen LogP contribution < -0.4 is 9.80 Å². The second kappa shape index (κ2) is 17.9. The number of alkyl halides is 1. The molecule has 2 aromatic carbocycles. The molecule has 0 aromatic heterocycles. The van der Waals surface area contributed by atoms with Crippen LogP contribution in [0.3, 0.4) is 0 Å². The molecular formula is C43H57BrN4O7. The van der Waals surface area contributed by atoms with E-state index in [2.05, 4.69) is 47.8 Å². The SMILES string of the molecule is C=CCCC(=O)N(C)[C@H](C)[C@H](OC(=O)[C@@H]1[C@H]2O[C@@]3(CC2Br)[C@H](C(=O)N(CC=C)c2ccc(N(CC)CC)cc2)N([C@@H](CO)C(C)C)C(=O)[C@@H]13)c1ccccc1. The molecule has 1 unspecified atom stereocenters. The molecule has 12 heteroatoms. The normalized spacial score (nSPS) is 25.6. The fourth-order valence-electron chi connectivity index (χ4n) is 8.75. The first-order valence-electron chi connectivity index (χ1n) is 19.5. The van der Waals surface area contributed by atoms with Crippen molar-refractivity contribution in [2.75, 3.05) is 43.1 Å². The van der Waals surface area contributed by atoms with Gasteiger partial charge in [-0.05, 0) is 69.4 Å². The predicted molar refractivity (Wildman–Crippen MR) is 218 cm³/mol. The Balaban J connectivity index is 1.55. The van der Waals surface area contributed by atoms with Crippen molar-refractivity contribution in [3.8, 4) is 0 Å². The smallest absolute Gasteiger partial charge is 0.313 e. The summed E-state index contributed by atoms with van der Waals surface area (Å²) in [5.41, 5.74) is 0.960. The molecule has 2 aromatic rings. The van der Waals surface area contributed by atoms with E-state index < -0.39 is 59.6 Å². The lowest BCUT2D eigenvalue weighted by molar-refractivity contribution is -0.165. The zero-order valence-corrected chi connectivity index (χ0v) is 34.6. The summed E-state index contributed by atoms with van der Waals surface area (Å²) in [5, 5.41) is 10.8. The molecule has 1 spiro atoms. The van der Waals surface area contributed by atoms with Gasteiger partial charge in [0.25, 0.3) is 5.91 Å². The summed E-state index contributed by atoms with van der Waals surface area (Å²) in [5.74, 6) is -3.89. The minimum Gasteiger partial charge on any atom is -0.455 e. The number of ether oxygens (including phenoxy) is 2. The van der Waals surface area contributed by atoms with Gasteiger partial charge < -0.3 is 34.2 Å². The number of esters is 1. The van der Waals surface area contributed by atoms with E-state index in [0.29, 0.717) is 24.1 Å². The van der Waals surface area contributed by atoms with Crippen LogP contribution in [0.2, 0.25) is 0 Å². The van der Waals surface area contributed by atoms with Gasteiger partial charge in [-0.1, -0.05) is 72.3 Å². The first kappa shape index (κ1) is 42.1. The van der Waals surface area contributed by atoms with Crippen LogP contribution in [-0.2, 0) is 28.7 Å². The van der Waals surface area contributed by atoms with Crippen LogP contribution in [0.1, 0.15) is 65.5 Å². The molecule has 5 rings (SSSR count). The summed E-state index contributed by atoms with van der Waals surface area (Å²) in [6, 6.07) is 14.5. The molecule has 298 valence electrons. The summed E-state index contributed by atoms with van der Waals surface area (Å²) in [7, 11) is 1.69. The van der Waals surface area contributed by atoms with Gasteiger partial charge in [0.1, 0.15) is 17.7 Å². The molecule has 0 radical (unpaired) electrons. The number of allylic oxidation sites excluding steroid dienone is 1. The Morgan fingerprint density at radius 2 is 1.67 bits per heavy atom. The maximum absolute atomic E-state index is 15.2. The summed E-state index contributed by atoms with van der Waals surface area (Å²) >= 11 is 3.77. The standard InChI is InChI=1S/C43H57BrN4O7/c1-9-13-19-34(50)45(8)28(7)37(29-17-15-14-16-18-29)54-42(53)35-36-40(51)48(33(26-49)27(5)6)39(43(36)25-32(44)38(35)55-43)41(52)47(24-10-2)31-22-20-30(21-23-31)46(11-3)12-4/h9-10,14-18,20-23,27-28,32-33,35-39,49H,1-2,11-13,19,24-26H2,3-8H3/t28-,32?,33+,35+,36-,37+,38+,39+,43-/m1/s1. The van der Waals surface area contributed by atoms with E-state index in [1.165, 1.54) is 4.90 Å². The Hall–Kier alpha value is -4.00. The maximum Gasteiger partial charge on any atom is 0.313 e. The highest BCUT2D eigenvalue weighted by Gasteiger charge is 2.78. The molecule has 3 aliphatic heterocycles. The number of rotatable bonds is 18. The maximum atomic E-state index is 15.2. The van der Waals surface area contributed by atoms with Gasteiger partial charge in [-0.15, -0.1) is 13.2 Å². The summed E-state index contributed by atoms with van der Waals surface area (Å²) < 4.78 is 13.2. The summed E-state index contributed by atoms with van der Waals surface area (Å²) in [6.45, 7) is 18.9. The van der Waals surface area contributed by atoms with E-state index in [1.54, 1.807) is 29.0 Å². The number of carbonyl (C=O) groups is 4. The average Bonchev–Trinajstić information content (AvgIpc) is 3.78. The Kier molecular flexibility index (Phi) is 13.7.